The monoisotopic (exact) mass is 241 g/mol. The summed E-state index contributed by atoms with van der Waals surface area (Å²) in [7, 11) is 0. The Labute approximate surface area is 92.4 Å². The van der Waals surface area contributed by atoms with E-state index in [1.54, 1.807) is 0 Å². The van der Waals surface area contributed by atoms with Gasteiger partial charge in [-0.1, -0.05) is 31.2 Å². The number of unbranched alkanes of at least 4 members (excludes halogenated alkanes) is 3. The van der Waals surface area contributed by atoms with Crippen LogP contribution >= 0.6 is 12.0 Å². The van der Waals surface area contributed by atoms with Gasteiger partial charge in [0.1, 0.15) is 0 Å². The summed E-state index contributed by atoms with van der Waals surface area (Å²) >= 11 is 0.102. The van der Waals surface area contributed by atoms with Gasteiger partial charge >= 0.3 is 0 Å². The van der Waals surface area contributed by atoms with Crippen molar-refractivity contribution in [2.75, 3.05) is 6.54 Å². The molecule has 0 rings (SSSR count). The van der Waals surface area contributed by atoms with E-state index in [1.165, 1.54) is 0 Å². The fraction of sp³-hybridized carbons (Fsp3) is 0.875. The first-order valence-electron chi connectivity index (χ1n) is 4.77. The highest BCUT2D eigenvalue weighted by atomic mass is 32.2. The summed E-state index contributed by atoms with van der Waals surface area (Å²) in [6.07, 6.45) is 4.05. The second kappa shape index (κ2) is 10.2. The molecule has 90 valence electrons. The molecule has 1 amide bonds. The largest absolute Gasteiger partial charge is 0.353 e. The maximum atomic E-state index is 12.8. The highest BCUT2D eigenvalue weighted by molar-refractivity contribution is 7.95. The van der Waals surface area contributed by atoms with Crippen LogP contribution in [0, 0.1) is 0 Å². The second-order valence-electron chi connectivity index (χ2n) is 2.91. The van der Waals surface area contributed by atoms with Crippen molar-refractivity contribution in [2.45, 2.75) is 38.1 Å². The van der Waals surface area contributed by atoms with Gasteiger partial charge in [0.2, 0.25) is 0 Å². The molecule has 0 aromatic carbocycles. The molecule has 0 heterocycles. The molecule has 0 spiro atoms. The van der Waals surface area contributed by atoms with E-state index in [1.807, 2.05) is 0 Å². The second-order valence-corrected chi connectivity index (χ2v) is 3.65. The van der Waals surface area contributed by atoms with Gasteiger partial charge in [0.15, 0.2) is 0 Å². The number of carbonyl (C=O) groups excluding carboxylic acids is 1. The zero-order valence-corrected chi connectivity index (χ0v) is 9.39. The lowest BCUT2D eigenvalue weighted by molar-refractivity contribution is -0.432. The molecule has 1 unspecified atom stereocenters. The number of nitrogens with one attached hydrogen (secondary N) is 1. The van der Waals surface area contributed by atoms with Gasteiger partial charge in [-0.05, 0) is 6.42 Å². The van der Waals surface area contributed by atoms with E-state index in [2.05, 4.69) is 21.6 Å². The Hall–Kier alpha value is -0.370. The van der Waals surface area contributed by atoms with E-state index >= 15 is 0 Å². The molecule has 1 atom stereocenters. The van der Waals surface area contributed by atoms with Crippen molar-refractivity contribution in [3.8, 4) is 0 Å². The number of rotatable bonds is 9. The molecule has 0 aliphatic heterocycles. The normalized spacial score (nSPS) is 12.5. The maximum Gasteiger partial charge on any atom is 0.267 e. The van der Waals surface area contributed by atoms with Gasteiger partial charge in [0.05, 0.1) is 12.0 Å². The van der Waals surface area contributed by atoms with E-state index in [0.29, 0.717) is 6.54 Å². The van der Waals surface area contributed by atoms with Crippen LogP contribution in [-0.4, -0.2) is 23.2 Å². The average Bonchev–Trinajstić information content (AvgIpc) is 2.25. The number of halogens is 1. The third-order valence-electron chi connectivity index (χ3n) is 1.69. The highest BCUT2D eigenvalue weighted by Crippen LogP contribution is 2.13. The number of alkyl halides is 1. The van der Waals surface area contributed by atoms with Crippen molar-refractivity contribution in [3.63, 3.8) is 0 Å². The minimum absolute atomic E-state index is 0.102. The topological polar surface area (TPSA) is 67.8 Å². The molecule has 0 aromatic heterocycles. The van der Waals surface area contributed by atoms with Crippen LogP contribution in [0.1, 0.15) is 32.6 Å². The van der Waals surface area contributed by atoms with Gasteiger partial charge in [-0.25, -0.2) is 9.65 Å². The summed E-state index contributed by atoms with van der Waals surface area (Å²) in [5, 5.41) is 13.3. The van der Waals surface area contributed by atoms with Gasteiger partial charge in [0, 0.05) is 6.54 Å². The summed E-state index contributed by atoms with van der Waals surface area (Å²) in [4.78, 5) is 11.0. The minimum atomic E-state index is -1.90. The van der Waals surface area contributed by atoms with Gasteiger partial charge in [0.25, 0.3) is 11.4 Å². The molecule has 0 fully saturated rings. The molecule has 2 N–H and O–H groups in total. The fourth-order valence-corrected chi connectivity index (χ4v) is 1.21. The van der Waals surface area contributed by atoms with Crippen LogP contribution < -0.4 is 5.32 Å². The lowest BCUT2D eigenvalue weighted by atomic mass is 10.2. The zero-order valence-electron chi connectivity index (χ0n) is 8.57. The molecular weight excluding hydrogens is 225 g/mol. The summed E-state index contributed by atoms with van der Waals surface area (Å²) < 4.78 is 16.6. The minimum Gasteiger partial charge on any atom is -0.353 e. The Morgan fingerprint density at radius 2 is 2.27 bits per heavy atom. The Kier molecular flexibility index (Phi) is 9.91. The number of carbonyl (C=O) groups is 1. The first-order chi connectivity index (χ1) is 7.22. The predicted molar refractivity (Wildman–Crippen MR) is 54.4 cm³/mol. The summed E-state index contributed by atoms with van der Waals surface area (Å²) in [6, 6.07) is 0. The smallest absolute Gasteiger partial charge is 0.267 e. The summed E-state index contributed by atoms with van der Waals surface area (Å²) in [5.41, 5.74) is -1.90. The molecule has 0 saturated carbocycles. The van der Waals surface area contributed by atoms with Crippen LogP contribution in [0.5, 0.6) is 0 Å². The molecule has 5 nitrogen and oxygen atoms in total. The molecule has 15 heavy (non-hydrogen) atoms. The van der Waals surface area contributed by atoms with Gasteiger partial charge in [-0.15, -0.1) is 4.33 Å². The highest BCUT2D eigenvalue weighted by Gasteiger charge is 2.18. The lowest BCUT2D eigenvalue weighted by Crippen LogP contribution is -2.31. The first kappa shape index (κ1) is 14.6. The maximum absolute atomic E-state index is 12.8. The van der Waals surface area contributed by atoms with Crippen LogP contribution in [0.3, 0.4) is 0 Å². The van der Waals surface area contributed by atoms with E-state index in [0.717, 1.165) is 25.7 Å². The number of hydrogen-bond donors (Lipinski definition) is 2. The van der Waals surface area contributed by atoms with Crippen LogP contribution in [-0.2, 0) is 14.2 Å². The Balaban J connectivity index is 3.38. The van der Waals surface area contributed by atoms with E-state index in [-0.39, 0.29) is 12.0 Å². The lowest BCUT2D eigenvalue weighted by Gasteiger charge is -2.06. The van der Waals surface area contributed by atoms with Crippen molar-refractivity contribution in [1.82, 2.24) is 5.32 Å². The van der Waals surface area contributed by atoms with Crippen LogP contribution in [0.2, 0.25) is 0 Å². The molecule has 0 aromatic rings. The molecule has 0 aliphatic rings. The number of amides is 1. The van der Waals surface area contributed by atoms with E-state index < -0.39 is 11.4 Å². The van der Waals surface area contributed by atoms with Crippen molar-refractivity contribution in [3.05, 3.63) is 0 Å². The predicted octanol–water partition coefficient (Wildman–Crippen LogP) is 2.05. The van der Waals surface area contributed by atoms with Crippen molar-refractivity contribution in [1.29, 1.82) is 0 Å². The Morgan fingerprint density at radius 1 is 1.53 bits per heavy atom. The summed E-state index contributed by atoms with van der Waals surface area (Å²) in [6.45, 7) is 2.53. The third kappa shape index (κ3) is 8.61. The van der Waals surface area contributed by atoms with Crippen LogP contribution in [0.4, 0.5) is 4.39 Å². The van der Waals surface area contributed by atoms with Gasteiger partial charge in [-0.3, -0.25) is 4.79 Å². The van der Waals surface area contributed by atoms with Crippen molar-refractivity contribution < 1.29 is 23.8 Å². The molecule has 0 aliphatic carbocycles. The van der Waals surface area contributed by atoms with E-state index in [4.69, 9.17) is 5.26 Å². The quantitative estimate of drug-likeness (QED) is 0.280. The van der Waals surface area contributed by atoms with Crippen LogP contribution in [0.15, 0.2) is 0 Å². The van der Waals surface area contributed by atoms with Crippen molar-refractivity contribution >= 4 is 17.9 Å². The van der Waals surface area contributed by atoms with E-state index in [9.17, 15) is 9.18 Å². The average molecular weight is 241 g/mol. The van der Waals surface area contributed by atoms with Crippen molar-refractivity contribution in [2.24, 2.45) is 0 Å². The summed E-state index contributed by atoms with van der Waals surface area (Å²) in [5.74, 6) is -0.784. The van der Waals surface area contributed by atoms with Gasteiger partial charge < -0.3 is 5.32 Å². The SMILES string of the molecule is CCCCCCNC(=O)C(F)SOOO. The Morgan fingerprint density at radius 3 is 2.87 bits per heavy atom. The fourth-order valence-electron chi connectivity index (χ4n) is 0.939. The molecule has 7 heteroatoms. The molecule has 0 saturated heterocycles. The third-order valence-corrected chi connectivity index (χ3v) is 2.21. The number of hydrogen-bond acceptors (Lipinski definition) is 5. The van der Waals surface area contributed by atoms with Crippen LogP contribution in [0.25, 0.3) is 0 Å². The molecule has 0 bridgehead atoms. The zero-order chi connectivity index (χ0) is 11.5. The first-order valence-corrected chi connectivity index (χ1v) is 5.58. The van der Waals surface area contributed by atoms with Gasteiger partial charge in [-0.2, -0.15) is 0 Å². The molecule has 0 radical (unpaired) electrons. The molecular formula is C8H16FNO4S. The Bertz CT molecular complexity index is 173. The standard InChI is InChI=1S/C8H16FNO4S/c1-2-3-4-5-6-10-8(11)7(9)15-14-13-12/h7,12H,2-6H2,1H3,(H,10,11).